The van der Waals surface area contributed by atoms with E-state index in [4.69, 9.17) is 0 Å². The van der Waals surface area contributed by atoms with Gasteiger partial charge in [-0.25, -0.2) is 0 Å². The molecule has 1 aromatic rings. The van der Waals surface area contributed by atoms with Gasteiger partial charge in [0.1, 0.15) is 0 Å². The van der Waals surface area contributed by atoms with E-state index in [9.17, 15) is 0 Å². The van der Waals surface area contributed by atoms with Crippen LogP contribution < -0.4 is 0 Å². The van der Waals surface area contributed by atoms with Gasteiger partial charge in [-0.05, 0) is 0 Å². The Balaban J connectivity index is 0. The fourth-order valence-electron chi connectivity index (χ4n) is 0.478. The molecule has 0 aliphatic rings. The summed E-state index contributed by atoms with van der Waals surface area (Å²) in [6.45, 7) is 3.72. The molecule has 0 aliphatic heterocycles. The van der Waals surface area contributed by atoms with E-state index in [2.05, 4.69) is 6.92 Å². The smallest absolute Gasteiger partial charge is 0.358 e. The molecule has 9 heavy (non-hydrogen) atoms. The zero-order valence-electron chi connectivity index (χ0n) is 5.40. The molecule has 0 saturated carbocycles. The molecule has 0 radical (unpaired) electrons. The summed E-state index contributed by atoms with van der Waals surface area (Å²) in [5.74, 6) is 0. The van der Waals surface area contributed by atoms with E-state index in [1.807, 2.05) is 30.3 Å². The Bertz CT molecular complexity index is 134. The molecular formula is C8H10Ag-. The van der Waals surface area contributed by atoms with Crippen molar-refractivity contribution in [1.29, 1.82) is 0 Å². The summed E-state index contributed by atoms with van der Waals surface area (Å²) in [7, 11) is 0. The Morgan fingerprint density at radius 1 is 1.00 bits per heavy atom. The first-order valence-corrected chi connectivity index (χ1v) is 2.26. The van der Waals surface area contributed by atoms with Gasteiger partial charge in [0.15, 0.2) is 0 Å². The van der Waals surface area contributed by atoms with Gasteiger partial charge in [0, 0.05) is 0 Å². The van der Waals surface area contributed by atoms with Crippen molar-refractivity contribution in [3.8, 4) is 0 Å². The molecule has 0 heterocycles. The van der Waals surface area contributed by atoms with Crippen LogP contribution in [0.2, 0.25) is 0 Å². The van der Waals surface area contributed by atoms with Crippen molar-refractivity contribution in [3.63, 3.8) is 0 Å². The molecule has 0 aliphatic carbocycles. The van der Waals surface area contributed by atoms with E-state index >= 15 is 0 Å². The summed E-state index contributed by atoms with van der Waals surface area (Å²) in [5, 5.41) is 0. The van der Waals surface area contributed by atoms with E-state index in [-0.39, 0.29) is 29.8 Å². The second-order valence-electron chi connectivity index (χ2n) is 1.49. The van der Waals surface area contributed by atoms with Crippen molar-refractivity contribution in [3.05, 3.63) is 50.2 Å². The molecule has 0 spiro atoms. The molecular weight excluding hydrogens is 204 g/mol. The fraction of sp³-hybridized carbons (Fsp3) is 0. The van der Waals surface area contributed by atoms with Gasteiger partial charge in [-0.1, -0.05) is 6.07 Å². The zero-order chi connectivity index (χ0) is 5.11. The Morgan fingerprint density at radius 3 is 1.67 bits per heavy atom. The molecule has 0 N–H and O–H groups in total. The van der Waals surface area contributed by atoms with Crippen molar-refractivity contribution in [2.24, 2.45) is 0 Å². The summed E-state index contributed by atoms with van der Waals surface area (Å²) in [5.41, 5.74) is 1.07. The molecule has 0 atom stereocenters. The van der Waals surface area contributed by atoms with Crippen LogP contribution in [0.15, 0.2) is 30.3 Å². The first kappa shape index (κ1) is 11.6. The van der Waals surface area contributed by atoms with Crippen LogP contribution in [0.5, 0.6) is 0 Å². The van der Waals surface area contributed by atoms with Crippen LogP contribution in [0.1, 0.15) is 5.56 Å². The minimum atomic E-state index is 0. The average molecular weight is 214 g/mol. The third kappa shape index (κ3) is 4.34. The molecule has 1 heteroatoms. The summed E-state index contributed by atoms with van der Waals surface area (Å²) >= 11 is 0. The van der Waals surface area contributed by atoms with E-state index in [1.54, 1.807) is 0 Å². The van der Waals surface area contributed by atoms with Crippen LogP contribution in [0, 0.1) is 14.4 Å². The minimum Gasteiger partial charge on any atom is -0.358 e. The van der Waals surface area contributed by atoms with Crippen molar-refractivity contribution in [2.75, 3.05) is 0 Å². The van der Waals surface area contributed by atoms with Crippen LogP contribution in [-0.4, -0.2) is 0 Å². The van der Waals surface area contributed by atoms with Crippen LogP contribution in [0.25, 0.3) is 0 Å². The van der Waals surface area contributed by atoms with E-state index in [1.165, 1.54) is 0 Å². The maximum absolute atomic E-state index is 3.72. The monoisotopic (exact) mass is 213 g/mol. The van der Waals surface area contributed by atoms with Crippen LogP contribution in [-0.2, 0) is 22.4 Å². The molecule has 0 amide bonds. The number of benzene rings is 1. The zero-order valence-corrected chi connectivity index (χ0v) is 6.88. The Morgan fingerprint density at radius 2 is 1.44 bits per heavy atom. The van der Waals surface area contributed by atoms with Crippen LogP contribution in [0.3, 0.4) is 0 Å². The molecule has 0 aromatic heterocycles. The van der Waals surface area contributed by atoms with Crippen molar-refractivity contribution < 1.29 is 22.4 Å². The predicted molar refractivity (Wildman–Crippen MR) is 37.3 cm³/mol. The summed E-state index contributed by atoms with van der Waals surface area (Å²) < 4.78 is 0. The van der Waals surface area contributed by atoms with Gasteiger partial charge < -0.3 is 7.43 Å². The Kier molecular flexibility index (Phi) is 7.68. The van der Waals surface area contributed by atoms with Gasteiger partial charge in [-0.15, -0.1) is 12.1 Å². The first-order chi connectivity index (χ1) is 3.39. The second-order valence-corrected chi connectivity index (χ2v) is 1.49. The van der Waals surface area contributed by atoms with Gasteiger partial charge in [0.2, 0.25) is 0 Å². The molecule has 0 fully saturated rings. The predicted octanol–water partition coefficient (Wildman–Crippen LogP) is 2.32. The van der Waals surface area contributed by atoms with Crippen LogP contribution in [0.4, 0.5) is 0 Å². The fourth-order valence-corrected chi connectivity index (χ4v) is 0.478. The van der Waals surface area contributed by atoms with Gasteiger partial charge in [0.05, 0.1) is 0 Å². The molecule has 0 saturated heterocycles. The van der Waals surface area contributed by atoms with E-state index < -0.39 is 0 Å². The molecule has 1 rings (SSSR count). The standard InChI is InChI=1S/C7H7.CH3.Ag/c1-7-5-3-2-4-6-7;;/h2-6H,1H2;1H3;/q2*-1;+1. The normalized spacial score (nSPS) is 6.67. The maximum atomic E-state index is 3.72. The first-order valence-electron chi connectivity index (χ1n) is 2.26. The Labute approximate surface area is 72.8 Å². The van der Waals surface area contributed by atoms with E-state index in [0.29, 0.717) is 0 Å². The summed E-state index contributed by atoms with van der Waals surface area (Å²) in [6, 6.07) is 9.87. The van der Waals surface area contributed by atoms with Gasteiger partial charge >= 0.3 is 22.4 Å². The van der Waals surface area contributed by atoms with Crippen molar-refractivity contribution >= 4 is 0 Å². The van der Waals surface area contributed by atoms with Crippen LogP contribution >= 0.6 is 0 Å². The SMILES string of the molecule is [Ag+].[CH2-]c1ccccc1.[CH3-]. The summed E-state index contributed by atoms with van der Waals surface area (Å²) in [4.78, 5) is 0. The third-order valence-electron chi connectivity index (χ3n) is 0.843. The quantitative estimate of drug-likeness (QED) is 0.459. The van der Waals surface area contributed by atoms with E-state index in [0.717, 1.165) is 5.56 Å². The number of rotatable bonds is 0. The minimum absolute atomic E-state index is 0. The topological polar surface area (TPSA) is 0 Å². The molecule has 0 unspecified atom stereocenters. The molecule has 54 valence electrons. The molecule has 0 nitrogen and oxygen atoms in total. The average Bonchev–Trinajstić information content (AvgIpc) is 1.69. The third-order valence-corrected chi connectivity index (χ3v) is 0.843. The van der Waals surface area contributed by atoms with Gasteiger partial charge in [0.25, 0.3) is 0 Å². The Hall–Kier alpha value is -0.170. The largest absolute Gasteiger partial charge is 1.00 e. The van der Waals surface area contributed by atoms with Gasteiger partial charge in [-0.3, -0.25) is 0 Å². The number of hydrogen-bond acceptors (Lipinski definition) is 0. The van der Waals surface area contributed by atoms with Crippen molar-refractivity contribution in [1.82, 2.24) is 0 Å². The summed E-state index contributed by atoms with van der Waals surface area (Å²) in [6.07, 6.45) is 0. The maximum Gasteiger partial charge on any atom is 1.00 e. The molecule has 0 bridgehead atoms. The molecule has 1 aromatic carbocycles. The van der Waals surface area contributed by atoms with Crippen molar-refractivity contribution in [2.45, 2.75) is 0 Å². The second kappa shape index (κ2) is 5.96. The number of hydrogen-bond donors (Lipinski definition) is 0. The van der Waals surface area contributed by atoms with Gasteiger partial charge in [-0.2, -0.15) is 24.6 Å².